The van der Waals surface area contributed by atoms with Crippen LogP contribution >= 0.6 is 10.8 Å². The molecule has 1 aromatic carbocycles. The molecule has 2 N–H and O–H groups in total. The Hall–Kier alpha value is -3.57. The zero-order chi connectivity index (χ0) is 35.6. The number of hydrogen-bond acceptors (Lipinski definition) is 11. The first-order valence-corrected chi connectivity index (χ1v) is 18.5. The van der Waals surface area contributed by atoms with Crippen LogP contribution in [0.25, 0.3) is 0 Å². The number of carbonyl (C=O) groups is 5. The molecule has 1 rings (SSSR count). The standard InChI is InChI=1S/C30H49N5O10S2/c1-32(2)18-19-34(4)30(41)45-24-14-12-23(13-15-24)22-44-29(40)33(3)17-10-16-31-28(39)25(21-27(37)38)35(5)26(36)11-8-7-9-20-46-47(6,42)43/h12-15,25H,7-11,16-22H2,1-6H3,(H,31,39)(H,37,38). The summed E-state index contributed by atoms with van der Waals surface area (Å²) in [5.41, 5.74) is 0.689. The maximum absolute atomic E-state index is 12.8. The highest BCUT2D eigenvalue weighted by molar-refractivity contribution is 8.71. The van der Waals surface area contributed by atoms with Crippen LogP contribution in [0.5, 0.6) is 5.75 Å². The van der Waals surface area contributed by atoms with Crippen LogP contribution < -0.4 is 10.1 Å². The Labute approximate surface area is 281 Å². The molecule has 1 unspecified atom stereocenters. The van der Waals surface area contributed by atoms with Crippen molar-refractivity contribution < 1.29 is 47.0 Å². The van der Waals surface area contributed by atoms with Gasteiger partial charge in [0.15, 0.2) is 8.87 Å². The van der Waals surface area contributed by atoms with E-state index in [0.29, 0.717) is 55.8 Å². The van der Waals surface area contributed by atoms with E-state index in [1.807, 2.05) is 19.0 Å². The molecule has 0 aliphatic carbocycles. The minimum atomic E-state index is -3.11. The lowest BCUT2D eigenvalue weighted by Gasteiger charge is -2.26. The Balaban J connectivity index is 2.44. The second-order valence-electron chi connectivity index (χ2n) is 11.3. The van der Waals surface area contributed by atoms with Crippen LogP contribution in [0.15, 0.2) is 24.3 Å². The highest BCUT2D eigenvalue weighted by Gasteiger charge is 2.29. The van der Waals surface area contributed by atoms with Crippen molar-refractivity contribution in [1.82, 2.24) is 24.9 Å². The molecule has 0 saturated heterocycles. The lowest BCUT2D eigenvalue weighted by Crippen LogP contribution is -2.49. The fourth-order valence-electron chi connectivity index (χ4n) is 3.95. The maximum atomic E-state index is 12.8. The minimum absolute atomic E-state index is 0.00623. The van der Waals surface area contributed by atoms with E-state index >= 15 is 0 Å². The van der Waals surface area contributed by atoms with E-state index in [0.717, 1.165) is 21.9 Å². The van der Waals surface area contributed by atoms with Gasteiger partial charge in [0.05, 0.1) is 6.42 Å². The Morgan fingerprint density at radius 1 is 0.872 bits per heavy atom. The second kappa shape index (κ2) is 21.3. The van der Waals surface area contributed by atoms with Gasteiger partial charge < -0.3 is 39.5 Å². The highest BCUT2D eigenvalue weighted by Crippen LogP contribution is 2.16. The molecular weight excluding hydrogens is 654 g/mol. The largest absolute Gasteiger partial charge is 0.481 e. The molecule has 0 saturated carbocycles. The van der Waals surface area contributed by atoms with Gasteiger partial charge in [0.1, 0.15) is 18.4 Å². The number of nitrogens with zero attached hydrogens (tertiary/aromatic N) is 4. The molecule has 0 aliphatic heterocycles. The van der Waals surface area contributed by atoms with Crippen molar-refractivity contribution in [1.29, 1.82) is 0 Å². The van der Waals surface area contributed by atoms with Crippen LogP contribution in [0.2, 0.25) is 0 Å². The molecular formula is C30H49N5O10S2. The Bertz CT molecular complexity index is 1280. The van der Waals surface area contributed by atoms with E-state index < -0.39 is 45.4 Å². The number of carboxylic acids is 1. The first-order chi connectivity index (χ1) is 22.0. The third-order valence-corrected chi connectivity index (χ3v) is 9.50. The summed E-state index contributed by atoms with van der Waals surface area (Å²) in [6, 6.07) is 5.38. The number of benzene rings is 1. The number of unbranched alkanes of at least 4 members (excludes halogenated alkanes) is 2. The van der Waals surface area contributed by atoms with E-state index in [9.17, 15) is 37.5 Å². The molecule has 0 heterocycles. The smallest absolute Gasteiger partial charge is 0.415 e. The van der Waals surface area contributed by atoms with Crippen LogP contribution in [-0.4, -0.2) is 143 Å². The summed E-state index contributed by atoms with van der Waals surface area (Å²) >= 11 is 0. The SMILES string of the molecule is CN(C)CCN(C)C(=O)Oc1ccc(COC(=O)N(C)CCCNC(=O)C(CC(=O)O)N(C)C(=O)CCCCCSS(C)(=O)=O)cc1. The van der Waals surface area contributed by atoms with Crippen molar-refractivity contribution in [2.75, 3.05) is 73.4 Å². The monoisotopic (exact) mass is 703 g/mol. The van der Waals surface area contributed by atoms with E-state index in [1.54, 1.807) is 38.4 Å². The summed E-state index contributed by atoms with van der Waals surface area (Å²) < 4.78 is 33.0. The summed E-state index contributed by atoms with van der Waals surface area (Å²) in [5.74, 6) is -1.45. The van der Waals surface area contributed by atoms with Crippen LogP contribution in [-0.2, 0) is 34.6 Å². The zero-order valence-electron chi connectivity index (χ0n) is 28.1. The molecule has 4 amide bonds. The summed E-state index contributed by atoms with van der Waals surface area (Å²) in [7, 11) is 6.14. The van der Waals surface area contributed by atoms with Crippen molar-refractivity contribution in [2.45, 2.75) is 51.2 Å². The van der Waals surface area contributed by atoms with E-state index in [1.165, 1.54) is 16.8 Å². The molecule has 1 aromatic rings. The average Bonchev–Trinajstić information content (AvgIpc) is 3.00. The Morgan fingerprint density at radius 2 is 1.51 bits per heavy atom. The number of hydrogen-bond donors (Lipinski definition) is 2. The number of ether oxygens (including phenoxy) is 2. The van der Waals surface area contributed by atoms with Crippen LogP contribution in [0.4, 0.5) is 9.59 Å². The van der Waals surface area contributed by atoms with Gasteiger partial charge in [-0.2, -0.15) is 0 Å². The van der Waals surface area contributed by atoms with Crippen molar-refractivity contribution in [2.24, 2.45) is 0 Å². The molecule has 0 spiro atoms. The summed E-state index contributed by atoms with van der Waals surface area (Å²) in [6.07, 6.45) is 1.66. The zero-order valence-corrected chi connectivity index (χ0v) is 29.7. The molecule has 0 aliphatic rings. The van der Waals surface area contributed by atoms with Crippen LogP contribution in [0.3, 0.4) is 0 Å². The normalized spacial score (nSPS) is 11.8. The van der Waals surface area contributed by atoms with Gasteiger partial charge in [0.25, 0.3) is 0 Å². The fraction of sp³-hybridized carbons (Fsp3) is 0.633. The lowest BCUT2D eigenvalue weighted by atomic mass is 10.1. The third kappa shape index (κ3) is 18.4. The topological polar surface area (TPSA) is 183 Å². The van der Waals surface area contributed by atoms with Crippen molar-refractivity contribution in [3.8, 4) is 5.75 Å². The van der Waals surface area contributed by atoms with Crippen molar-refractivity contribution in [3.63, 3.8) is 0 Å². The molecule has 266 valence electrons. The van der Waals surface area contributed by atoms with Gasteiger partial charge in [-0.3, -0.25) is 14.4 Å². The van der Waals surface area contributed by atoms with E-state index in [4.69, 9.17) is 9.47 Å². The molecule has 1 atom stereocenters. The number of nitrogens with one attached hydrogen (secondary N) is 1. The molecule has 17 heteroatoms. The fourth-order valence-corrected chi connectivity index (χ4v) is 5.84. The number of carboxylic acid groups (broad SMARTS) is 1. The Morgan fingerprint density at radius 3 is 2.11 bits per heavy atom. The first kappa shape index (κ1) is 41.5. The van der Waals surface area contributed by atoms with E-state index in [-0.39, 0.29) is 32.0 Å². The lowest BCUT2D eigenvalue weighted by molar-refractivity contribution is -0.145. The molecule has 0 bridgehead atoms. The maximum Gasteiger partial charge on any atom is 0.415 e. The van der Waals surface area contributed by atoms with Crippen molar-refractivity contribution in [3.05, 3.63) is 29.8 Å². The van der Waals surface area contributed by atoms with Crippen LogP contribution in [0, 0.1) is 0 Å². The number of amides is 4. The molecule has 0 fully saturated rings. The van der Waals surface area contributed by atoms with Gasteiger partial charge in [0.2, 0.25) is 11.8 Å². The molecule has 15 nitrogen and oxygen atoms in total. The van der Waals surface area contributed by atoms with Gasteiger partial charge in [-0.05, 0) is 61.8 Å². The van der Waals surface area contributed by atoms with E-state index in [2.05, 4.69) is 5.32 Å². The number of rotatable bonds is 21. The van der Waals surface area contributed by atoms with Gasteiger partial charge in [-0.25, -0.2) is 18.0 Å². The van der Waals surface area contributed by atoms with Crippen LogP contribution in [0.1, 0.15) is 44.1 Å². The number of likely N-dealkylation sites (N-methyl/N-ethyl adjacent to an activating group) is 3. The summed E-state index contributed by atoms with van der Waals surface area (Å²) in [5, 5.41) is 11.9. The van der Waals surface area contributed by atoms with Gasteiger partial charge >= 0.3 is 18.2 Å². The first-order valence-electron chi connectivity index (χ1n) is 15.1. The number of carbonyl (C=O) groups excluding carboxylic acids is 4. The van der Waals surface area contributed by atoms with Crippen molar-refractivity contribution >= 4 is 49.6 Å². The van der Waals surface area contributed by atoms with Gasteiger partial charge in [0, 0.05) is 65.8 Å². The third-order valence-electron chi connectivity index (χ3n) is 6.83. The van der Waals surface area contributed by atoms with Gasteiger partial charge in [-0.1, -0.05) is 18.6 Å². The second-order valence-corrected chi connectivity index (χ2v) is 15.9. The summed E-state index contributed by atoms with van der Waals surface area (Å²) in [4.78, 5) is 67.3. The quantitative estimate of drug-likeness (QED) is 0.141. The predicted molar refractivity (Wildman–Crippen MR) is 179 cm³/mol. The highest BCUT2D eigenvalue weighted by atomic mass is 33.1. The molecule has 0 aromatic heterocycles. The summed E-state index contributed by atoms with van der Waals surface area (Å²) in [6.45, 7) is 1.59. The average molecular weight is 704 g/mol. The van der Waals surface area contributed by atoms with Gasteiger partial charge in [-0.15, -0.1) is 0 Å². The predicted octanol–water partition coefficient (Wildman–Crippen LogP) is 2.31. The number of aliphatic carboxylic acids is 1. The minimum Gasteiger partial charge on any atom is -0.481 e. The molecule has 0 radical (unpaired) electrons. The molecule has 47 heavy (non-hydrogen) atoms. The Kier molecular flexibility index (Phi) is 18.8.